The number of rotatable bonds is 2. The van der Waals surface area contributed by atoms with Crippen molar-refractivity contribution < 1.29 is 18.7 Å². The predicted molar refractivity (Wildman–Crippen MR) is 69.1 cm³/mol. The van der Waals surface area contributed by atoms with Gasteiger partial charge in [-0.15, -0.1) is 0 Å². The number of carboxylic acid groups (broad SMARTS) is 1. The van der Waals surface area contributed by atoms with E-state index >= 15 is 0 Å². The summed E-state index contributed by atoms with van der Waals surface area (Å²) in [5, 5.41) is 12.4. The Morgan fingerprint density at radius 2 is 1.95 bits per heavy atom. The van der Waals surface area contributed by atoms with Crippen LogP contribution in [-0.2, 0) is 0 Å². The van der Waals surface area contributed by atoms with Crippen molar-refractivity contribution >= 4 is 21.9 Å². The van der Waals surface area contributed by atoms with Gasteiger partial charge < -0.3 is 5.11 Å². The van der Waals surface area contributed by atoms with Gasteiger partial charge in [0.25, 0.3) is 0 Å². The molecule has 0 spiro atoms. The van der Waals surface area contributed by atoms with Gasteiger partial charge in [0.05, 0.1) is 4.47 Å². The molecule has 2 aromatic rings. The lowest BCUT2D eigenvalue weighted by molar-refractivity contribution is 0.0686. The van der Waals surface area contributed by atoms with Crippen LogP contribution in [0.3, 0.4) is 0 Å². The largest absolute Gasteiger partial charge is 0.476 e. The van der Waals surface area contributed by atoms with Crippen molar-refractivity contribution in [3.63, 3.8) is 0 Å². The van der Waals surface area contributed by atoms with Gasteiger partial charge in [0.2, 0.25) is 11.1 Å². The third kappa shape index (κ3) is 2.46. The minimum absolute atomic E-state index is 0.0732. The Hall–Kier alpha value is -2.09. The van der Waals surface area contributed by atoms with Crippen molar-refractivity contribution in [1.82, 2.24) is 9.78 Å². The molecule has 0 atom stereocenters. The molecule has 1 aromatic carbocycles. The van der Waals surface area contributed by atoms with E-state index < -0.39 is 28.7 Å². The first-order chi connectivity index (χ1) is 9.31. The zero-order valence-corrected chi connectivity index (χ0v) is 11.6. The summed E-state index contributed by atoms with van der Waals surface area (Å²) in [7, 11) is 0. The lowest BCUT2D eigenvalue weighted by atomic mass is 10.2. The smallest absolute Gasteiger partial charge is 0.360 e. The molecule has 104 valence electrons. The SMILES string of the molecule is Cc1cc(=O)c(C(=O)O)nn1-c1cc(F)c(Br)cc1F. The van der Waals surface area contributed by atoms with Crippen molar-refractivity contribution in [3.8, 4) is 5.69 Å². The minimum atomic E-state index is -1.54. The van der Waals surface area contributed by atoms with Gasteiger partial charge in [0, 0.05) is 17.8 Å². The third-order valence-electron chi connectivity index (χ3n) is 2.53. The van der Waals surface area contributed by atoms with Gasteiger partial charge in [-0.1, -0.05) is 0 Å². The molecule has 1 aromatic heterocycles. The van der Waals surface area contributed by atoms with E-state index in [0.29, 0.717) is 0 Å². The number of nitrogens with zero attached hydrogens (tertiary/aromatic N) is 2. The first-order valence-corrected chi connectivity index (χ1v) is 6.09. The highest BCUT2D eigenvalue weighted by molar-refractivity contribution is 9.10. The number of hydrogen-bond acceptors (Lipinski definition) is 3. The number of aromatic carboxylic acids is 1. The van der Waals surface area contributed by atoms with Crippen molar-refractivity contribution in [3.05, 3.63) is 55.9 Å². The zero-order chi connectivity index (χ0) is 15.0. The maximum absolute atomic E-state index is 13.8. The number of halogens is 3. The molecule has 0 aliphatic carbocycles. The summed E-state index contributed by atoms with van der Waals surface area (Å²) in [5.74, 6) is -3.09. The average molecular weight is 345 g/mol. The van der Waals surface area contributed by atoms with Crippen molar-refractivity contribution in [1.29, 1.82) is 0 Å². The molecule has 0 unspecified atom stereocenters. The lowest BCUT2D eigenvalue weighted by Gasteiger charge is -2.11. The van der Waals surface area contributed by atoms with Crippen molar-refractivity contribution in [2.75, 3.05) is 0 Å². The highest BCUT2D eigenvalue weighted by atomic mass is 79.9. The fourth-order valence-corrected chi connectivity index (χ4v) is 1.93. The zero-order valence-electron chi connectivity index (χ0n) is 10.0. The van der Waals surface area contributed by atoms with Crippen LogP contribution >= 0.6 is 15.9 Å². The van der Waals surface area contributed by atoms with E-state index in [9.17, 15) is 18.4 Å². The Morgan fingerprint density at radius 1 is 1.30 bits per heavy atom. The molecule has 8 heteroatoms. The minimum Gasteiger partial charge on any atom is -0.476 e. The topological polar surface area (TPSA) is 72.2 Å². The van der Waals surface area contributed by atoms with E-state index in [0.717, 1.165) is 22.9 Å². The van der Waals surface area contributed by atoms with E-state index in [1.54, 1.807) is 0 Å². The van der Waals surface area contributed by atoms with E-state index in [2.05, 4.69) is 21.0 Å². The second-order valence-electron chi connectivity index (χ2n) is 3.93. The summed E-state index contributed by atoms with van der Waals surface area (Å²) in [5.41, 5.74) is -1.67. The maximum atomic E-state index is 13.8. The lowest BCUT2D eigenvalue weighted by Crippen LogP contribution is -2.23. The average Bonchev–Trinajstić information content (AvgIpc) is 2.34. The third-order valence-corrected chi connectivity index (χ3v) is 3.14. The van der Waals surface area contributed by atoms with Gasteiger partial charge in [-0.05, 0) is 28.9 Å². The van der Waals surface area contributed by atoms with Crippen LogP contribution in [0, 0.1) is 18.6 Å². The first kappa shape index (κ1) is 14.3. The summed E-state index contributed by atoms with van der Waals surface area (Å²) < 4.78 is 28.1. The Balaban J connectivity index is 2.76. The highest BCUT2D eigenvalue weighted by Crippen LogP contribution is 2.22. The number of carbonyl (C=O) groups is 1. The summed E-state index contributed by atoms with van der Waals surface area (Å²) in [6.07, 6.45) is 0. The summed E-state index contributed by atoms with van der Waals surface area (Å²) in [6.45, 7) is 1.43. The van der Waals surface area contributed by atoms with Gasteiger partial charge in [-0.3, -0.25) is 4.79 Å². The second kappa shape index (κ2) is 5.12. The Morgan fingerprint density at radius 3 is 2.55 bits per heavy atom. The fourth-order valence-electron chi connectivity index (χ4n) is 1.61. The molecular formula is C12H7BrF2N2O3. The van der Waals surface area contributed by atoms with Gasteiger partial charge in [-0.25, -0.2) is 18.3 Å². The molecule has 0 amide bonds. The van der Waals surface area contributed by atoms with Gasteiger partial charge in [-0.2, -0.15) is 5.10 Å². The second-order valence-corrected chi connectivity index (χ2v) is 4.79. The molecule has 0 bridgehead atoms. The molecule has 1 N–H and O–H groups in total. The van der Waals surface area contributed by atoms with E-state index in [1.165, 1.54) is 6.92 Å². The normalized spacial score (nSPS) is 10.6. The molecule has 20 heavy (non-hydrogen) atoms. The Kier molecular flexibility index (Phi) is 3.67. The molecule has 0 saturated heterocycles. The Labute approximate surface area is 119 Å². The predicted octanol–water partition coefficient (Wildman–Crippen LogP) is 2.28. The van der Waals surface area contributed by atoms with Crippen molar-refractivity contribution in [2.24, 2.45) is 0 Å². The molecule has 0 saturated carbocycles. The molecule has 2 rings (SSSR count). The van der Waals surface area contributed by atoms with Crippen molar-refractivity contribution in [2.45, 2.75) is 6.92 Å². The van der Waals surface area contributed by atoms with Gasteiger partial charge in [0.1, 0.15) is 17.3 Å². The van der Waals surface area contributed by atoms with Crippen LogP contribution < -0.4 is 5.43 Å². The summed E-state index contributed by atoms with van der Waals surface area (Å²) in [4.78, 5) is 22.3. The molecule has 0 fully saturated rings. The quantitative estimate of drug-likeness (QED) is 0.848. The number of aromatic nitrogens is 2. The number of carboxylic acids is 1. The summed E-state index contributed by atoms with van der Waals surface area (Å²) >= 11 is 2.83. The molecule has 0 radical (unpaired) electrons. The molecule has 0 aliphatic heterocycles. The number of aryl methyl sites for hydroxylation is 1. The summed E-state index contributed by atoms with van der Waals surface area (Å²) in [6, 6.07) is 2.75. The van der Waals surface area contributed by atoms with Crippen LogP contribution in [0.15, 0.2) is 27.5 Å². The van der Waals surface area contributed by atoms with Crippen LogP contribution in [0.2, 0.25) is 0 Å². The van der Waals surface area contributed by atoms with E-state index in [-0.39, 0.29) is 15.9 Å². The number of hydrogen-bond donors (Lipinski definition) is 1. The molecule has 5 nitrogen and oxygen atoms in total. The molecule has 0 aliphatic rings. The van der Waals surface area contributed by atoms with Crippen LogP contribution in [0.1, 0.15) is 16.2 Å². The van der Waals surface area contributed by atoms with Gasteiger partial charge in [0.15, 0.2) is 0 Å². The number of benzene rings is 1. The molecule has 1 heterocycles. The van der Waals surface area contributed by atoms with Gasteiger partial charge >= 0.3 is 5.97 Å². The maximum Gasteiger partial charge on any atom is 0.360 e. The fraction of sp³-hybridized carbons (Fsp3) is 0.0833. The van der Waals surface area contributed by atoms with Crippen LogP contribution in [0.25, 0.3) is 5.69 Å². The van der Waals surface area contributed by atoms with E-state index in [4.69, 9.17) is 5.11 Å². The standard InChI is InChI=1S/C12H7BrF2N2O3/c1-5-2-10(18)11(12(19)20)16-17(5)9-4-7(14)6(13)3-8(9)15/h2-4H,1H3,(H,19,20). The highest BCUT2D eigenvalue weighted by Gasteiger charge is 2.17. The first-order valence-electron chi connectivity index (χ1n) is 5.30. The van der Waals surface area contributed by atoms with E-state index in [1.807, 2.05) is 0 Å². The van der Waals surface area contributed by atoms with Crippen LogP contribution in [0.4, 0.5) is 8.78 Å². The van der Waals surface area contributed by atoms with Crippen LogP contribution in [-0.4, -0.2) is 20.9 Å². The monoisotopic (exact) mass is 344 g/mol. The Bertz CT molecular complexity index is 774. The molecular weight excluding hydrogens is 338 g/mol. The van der Waals surface area contributed by atoms with Crippen LogP contribution in [0.5, 0.6) is 0 Å².